The molecule has 6 nitrogen and oxygen atoms in total. The molecular weight excluding hydrogens is 360 g/mol. The van der Waals surface area contributed by atoms with Crippen LogP contribution < -0.4 is 0 Å². The van der Waals surface area contributed by atoms with Crippen molar-refractivity contribution in [2.45, 2.75) is 30.8 Å². The Morgan fingerprint density at radius 3 is 1.96 bits per heavy atom. The van der Waals surface area contributed by atoms with Crippen molar-refractivity contribution in [2.75, 3.05) is 13.2 Å². The summed E-state index contributed by atoms with van der Waals surface area (Å²) >= 11 is 0. The highest BCUT2D eigenvalue weighted by Crippen LogP contribution is 2.59. The zero-order valence-electron chi connectivity index (χ0n) is 12.3. The molecule has 0 saturated carbocycles. The zero-order chi connectivity index (χ0) is 17.7. The second-order valence-electron chi connectivity index (χ2n) is 4.13. The Balaban J connectivity index is 3.26. The fourth-order valence-electron chi connectivity index (χ4n) is 1.58. The van der Waals surface area contributed by atoms with E-state index in [0.29, 0.717) is 0 Å². The summed E-state index contributed by atoms with van der Waals surface area (Å²) in [6.07, 6.45) is -5.28. The molecular formula is C12H16F3O6PS. The van der Waals surface area contributed by atoms with Crippen LogP contribution in [-0.2, 0) is 27.9 Å². The van der Waals surface area contributed by atoms with Crippen molar-refractivity contribution in [3.8, 4) is 0 Å². The number of hydrogen-bond donors (Lipinski definition) is 0. The minimum Gasteiger partial charge on any atom is -0.307 e. The fraction of sp³-hybridized carbons (Fsp3) is 0.500. The molecule has 1 aromatic rings. The quantitative estimate of drug-likeness (QED) is 0.510. The number of hydrogen-bond acceptors (Lipinski definition) is 6. The van der Waals surface area contributed by atoms with E-state index in [1.54, 1.807) is 0 Å². The number of alkyl halides is 3. The average molecular weight is 376 g/mol. The van der Waals surface area contributed by atoms with Crippen LogP contribution in [0.15, 0.2) is 35.2 Å². The van der Waals surface area contributed by atoms with Gasteiger partial charge in [-0.1, -0.05) is 18.2 Å². The average Bonchev–Trinajstić information content (AvgIpc) is 2.45. The summed E-state index contributed by atoms with van der Waals surface area (Å²) in [6.45, 7) is 1.84. The van der Waals surface area contributed by atoms with Crippen molar-refractivity contribution in [3.05, 3.63) is 30.3 Å². The summed E-state index contributed by atoms with van der Waals surface area (Å²) in [4.78, 5) is -0.506. The molecule has 0 fully saturated rings. The van der Waals surface area contributed by atoms with Crippen LogP contribution in [0.5, 0.6) is 0 Å². The second kappa shape index (κ2) is 7.76. The van der Waals surface area contributed by atoms with Crippen LogP contribution >= 0.6 is 7.60 Å². The van der Waals surface area contributed by atoms with Gasteiger partial charge in [0.25, 0.3) is 16.0 Å². The highest BCUT2D eigenvalue weighted by molar-refractivity contribution is 7.87. The highest BCUT2D eigenvalue weighted by Gasteiger charge is 2.57. The maximum absolute atomic E-state index is 13.2. The highest BCUT2D eigenvalue weighted by atomic mass is 32.2. The van der Waals surface area contributed by atoms with Crippen molar-refractivity contribution < 1.29 is 39.4 Å². The lowest BCUT2D eigenvalue weighted by molar-refractivity contribution is -0.174. The van der Waals surface area contributed by atoms with Crippen molar-refractivity contribution >= 4 is 17.7 Å². The molecule has 0 bridgehead atoms. The third kappa shape index (κ3) is 5.29. The smallest absolute Gasteiger partial charge is 0.307 e. The Bertz CT molecular complexity index is 637. The van der Waals surface area contributed by atoms with Crippen LogP contribution in [0, 0.1) is 0 Å². The van der Waals surface area contributed by atoms with Gasteiger partial charge in [0.15, 0.2) is 0 Å². The number of halogens is 3. The molecule has 132 valence electrons. The molecule has 0 heterocycles. The van der Waals surface area contributed by atoms with E-state index in [4.69, 9.17) is 0 Å². The molecule has 0 saturated heterocycles. The molecule has 1 aromatic carbocycles. The monoisotopic (exact) mass is 376 g/mol. The standard InChI is InChI=1S/C12H16F3O6PS/c1-3-19-22(16,20-4-2)11(12(13,14)15)21-23(17,18)10-8-6-5-7-9-10/h5-9,11H,3-4H2,1-2H3. The molecule has 0 radical (unpaired) electrons. The first-order chi connectivity index (χ1) is 10.6. The molecule has 0 spiro atoms. The molecule has 23 heavy (non-hydrogen) atoms. The SMILES string of the molecule is CCOP(=O)(OCC)C(OS(=O)(=O)c1ccccc1)C(F)(F)F. The largest absolute Gasteiger partial charge is 0.427 e. The lowest BCUT2D eigenvalue weighted by atomic mass is 10.4. The third-order valence-corrected chi connectivity index (χ3v) is 6.08. The molecule has 1 unspecified atom stereocenters. The molecule has 1 atom stereocenters. The first-order valence-corrected chi connectivity index (χ1v) is 9.52. The maximum atomic E-state index is 13.2. The van der Waals surface area contributed by atoms with Crippen LogP contribution in [0.2, 0.25) is 0 Å². The Morgan fingerprint density at radius 2 is 1.57 bits per heavy atom. The van der Waals surface area contributed by atoms with E-state index < -0.39 is 34.6 Å². The predicted octanol–water partition coefficient (Wildman–Crippen LogP) is 3.55. The van der Waals surface area contributed by atoms with Crippen molar-refractivity contribution in [3.63, 3.8) is 0 Å². The molecule has 0 amide bonds. The Kier molecular flexibility index (Phi) is 6.79. The van der Waals surface area contributed by atoms with Gasteiger partial charge < -0.3 is 9.05 Å². The third-order valence-electron chi connectivity index (χ3n) is 2.44. The van der Waals surface area contributed by atoms with Gasteiger partial charge in [-0.25, -0.2) is 4.18 Å². The van der Waals surface area contributed by atoms with Gasteiger partial charge in [0.05, 0.1) is 18.1 Å². The Morgan fingerprint density at radius 1 is 1.09 bits per heavy atom. The van der Waals surface area contributed by atoms with Crippen molar-refractivity contribution in [2.24, 2.45) is 0 Å². The van der Waals surface area contributed by atoms with E-state index in [0.717, 1.165) is 12.1 Å². The summed E-state index contributed by atoms with van der Waals surface area (Å²) in [6, 6.07) is 6.20. The van der Waals surface area contributed by atoms with Gasteiger partial charge in [-0.15, -0.1) is 0 Å². The van der Waals surface area contributed by atoms with Crippen molar-refractivity contribution in [1.29, 1.82) is 0 Å². The molecule has 0 aliphatic carbocycles. The van der Waals surface area contributed by atoms with E-state index in [1.165, 1.54) is 32.0 Å². The lowest BCUT2D eigenvalue weighted by Crippen LogP contribution is -2.35. The first-order valence-electron chi connectivity index (χ1n) is 6.50. The van der Waals surface area contributed by atoms with Gasteiger partial charge in [-0.2, -0.15) is 21.6 Å². The van der Waals surface area contributed by atoms with Crippen LogP contribution in [-0.4, -0.2) is 33.7 Å². The molecule has 11 heteroatoms. The summed E-state index contributed by atoms with van der Waals surface area (Å²) in [5.41, 5.74) is 0. The summed E-state index contributed by atoms with van der Waals surface area (Å²) in [5, 5.41) is 0. The fourth-order valence-corrected chi connectivity index (χ4v) is 4.72. The number of rotatable bonds is 8. The number of benzene rings is 1. The van der Waals surface area contributed by atoms with Crippen LogP contribution in [0.1, 0.15) is 13.8 Å². The van der Waals surface area contributed by atoms with Crippen LogP contribution in [0.4, 0.5) is 13.2 Å². The van der Waals surface area contributed by atoms with Crippen LogP contribution in [0.25, 0.3) is 0 Å². The van der Waals surface area contributed by atoms with Crippen LogP contribution in [0.3, 0.4) is 0 Å². The second-order valence-corrected chi connectivity index (χ2v) is 7.77. The molecule has 1 rings (SSSR count). The zero-order valence-corrected chi connectivity index (χ0v) is 14.0. The van der Waals surface area contributed by atoms with Gasteiger partial charge in [0.1, 0.15) is 0 Å². The predicted molar refractivity (Wildman–Crippen MR) is 75.4 cm³/mol. The van der Waals surface area contributed by atoms with Gasteiger partial charge in [0, 0.05) is 0 Å². The summed E-state index contributed by atoms with van der Waals surface area (Å²) in [7, 11) is -9.71. The Labute approximate surface area is 132 Å². The molecule has 0 aromatic heterocycles. The first kappa shape index (κ1) is 20.1. The van der Waals surface area contributed by atoms with Gasteiger partial charge in [0.2, 0.25) is 0 Å². The van der Waals surface area contributed by atoms with E-state index >= 15 is 0 Å². The van der Waals surface area contributed by atoms with E-state index in [-0.39, 0.29) is 13.2 Å². The van der Waals surface area contributed by atoms with Gasteiger partial charge in [-0.3, -0.25) is 4.57 Å². The topological polar surface area (TPSA) is 78.9 Å². The van der Waals surface area contributed by atoms with E-state index in [1.807, 2.05) is 0 Å². The summed E-state index contributed by atoms with van der Waals surface area (Å²) < 4.78 is 89.2. The molecule has 0 N–H and O–H groups in total. The minimum atomic E-state index is -5.28. The minimum absolute atomic E-state index is 0.376. The molecule has 0 aliphatic heterocycles. The maximum Gasteiger partial charge on any atom is 0.427 e. The van der Waals surface area contributed by atoms with Crippen molar-refractivity contribution in [1.82, 2.24) is 0 Å². The normalized spacial score (nSPS) is 14.7. The van der Waals surface area contributed by atoms with Gasteiger partial charge >= 0.3 is 13.8 Å². The van der Waals surface area contributed by atoms with E-state index in [2.05, 4.69) is 13.2 Å². The summed E-state index contributed by atoms with van der Waals surface area (Å²) in [5.74, 6) is -3.25. The van der Waals surface area contributed by atoms with E-state index in [9.17, 15) is 26.2 Å². The van der Waals surface area contributed by atoms with Gasteiger partial charge in [-0.05, 0) is 26.0 Å². The Hall–Kier alpha value is -0.930. The molecule has 0 aliphatic rings. The lowest BCUT2D eigenvalue weighted by Gasteiger charge is -2.27.